The molecular weight excluding hydrogens is 400 g/mol. The second-order valence-electron chi connectivity index (χ2n) is 8.28. The smallest absolute Gasteiger partial charge is 0.249 e. The topological polar surface area (TPSA) is 59.4 Å². The van der Waals surface area contributed by atoms with Gasteiger partial charge in [0, 0.05) is 30.9 Å². The maximum absolute atomic E-state index is 12.6. The third-order valence-electron chi connectivity index (χ3n) is 6.25. The number of ether oxygens (including phenoxy) is 1. The van der Waals surface area contributed by atoms with Gasteiger partial charge >= 0.3 is 0 Å². The van der Waals surface area contributed by atoms with Gasteiger partial charge in [-0.25, -0.2) is 4.68 Å². The van der Waals surface area contributed by atoms with E-state index in [4.69, 9.17) is 4.74 Å². The molecule has 0 radical (unpaired) electrons. The van der Waals surface area contributed by atoms with E-state index in [1.54, 1.807) is 12.3 Å². The molecule has 3 aromatic rings. The Kier molecular flexibility index (Phi) is 6.03. The molecule has 0 saturated carbocycles. The van der Waals surface area contributed by atoms with E-state index in [1.165, 1.54) is 16.8 Å². The number of rotatable bonds is 5. The van der Waals surface area contributed by atoms with Gasteiger partial charge in [0.25, 0.3) is 0 Å². The van der Waals surface area contributed by atoms with E-state index in [-0.39, 0.29) is 11.9 Å². The van der Waals surface area contributed by atoms with Gasteiger partial charge in [0.2, 0.25) is 5.91 Å². The Morgan fingerprint density at radius 1 is 1.06 bits per heavy atom. The fourth-order valence-electron chi connectivity index (χ4n) is 4.60. The summed E-state index contributed by atoms with van der Waals surface area (Å²) in [5.41, 5.74) is 4.85. The molecule has 2 aliphatic rings. The Labute approximate surface area is 188 Å². The molecular formula is C26H28N4O2. The second-order valence-corrected chi connectivity index (χ2v) is 8.28. The Balaban J connectivity index is 1.25. The highest BCUT2D eigenvalue weighted by molar-refractivity contribution is 6.01. The van der Waals surface area contributed by atoms with E-state index in [0.29, 0.717) is 0 Å². The van der Waals surface area contributed by atoms with Crippen LogP contribution in [0.1, 0.15) is 35.6 Å². The van der Waals surface area contributed by atoms with Gasteiger partial charge in [-0.05, 0) is 54.2 Å². The number of carbonyl (C=O) groups is 1. The SMILES string of the molecule is O=C(/C=C/c1ccc(N2CCOCC2)cc1)Nc1ccnn1C1CCCc2ccccc21. The van der Waals surface area contributed by atoms with Gasteiger partial charge in [-0.1, -0.05) is 36.4 Å². The molecule has 1 atom stereocenters. The van der Waals surface area contributed by atoms with Gasteiger partial charge < -0.3 is 15.0 Å². The predicted molar refractivity (Wildman–Crippen MR) is 127 cm³/mol. The van der Waals surface area contributed by atoms with Crippen LogP contribution in [0.3, 0.4) is 0 Å². The quantitative estimate of drug-likeness (QED) is 0.616. The van der Waals surface area contributed by atoms with Crippen LogP contribution in [-0.4, -0.2) is 42.0 Å². The summed E-state index contributed by atoms with van der Waals surface area (Å²) in [5.74, 6) is 0.567. The molecule has 1 saturated heterocycles. The summed E-state index contributed by atoms with van der Waals surface area (Å²) in [6, 6.07) is 18.8. The average Bonchev–Trinajstić information content (AvgIpc) is 3.31. The van der Waals surface area contributed by atoms with Crippen LogP contribution in [0, 0.1) is 0 Å². The number of aryl methyl sites for hydroxylation is 1. The number of carbonyl (C=O) groups excluding carboxylic acids is 1. The second kappa shape index (κ2) is 9.40. The molecule has 5 rings (SSSR count). The van der Waals surface area contributed by atoms with Crippen molar-refractivity contribution in [3.63, 3.8) is 0 Å². The Hall–Kier alpha value is -3.38. The van der Waals surface area contributed by atoms with Crippen LogP contribution in [0.25, 0.3) is 6.08 Å². The van der Waals surface area contributed by atoms with E-state index in [1.807, 2.05) is 29.0 Å². The van der Waals surface area contributed by atoms with Crippen molar-refractivity contribution in [2.45, 2.75) is 25.3 Å². The molecule has 6 nitrogen and oxygen atoms in total. The lowest BCUT2D eigenvalue weighted by Crippen LogP contribution is -2.36. The van der Waals surface area contributed by atoms with Crippen molar-refractivity contribution in [1.29, 1.82) is 0 Å². The van der Waals surface area contributed by atoms with Crippen molar-refractivity contribution in [3.05, 3.63) is 83.6 Å². The van der Waals surface area contributed by atoms with E-state index < -0.39 is 0 Å². The van der Waals surface area contributed by atoms with Crippen molar-refractivity contribution < 1.29 is 9.53 Å². The Morgan fingerprint density at radius 2 is 1.88 bits per heavy atom. The summed E-state index contributed by atoms with van der Waals surface area (Å²) >= 11 is 0. The fourth-order valence-corrected chi connectivity index (χ4v) is 4.60. The monoisotopic (exact) mass is 428 g/mol. The third-order valence-corrected chi connectivity index (χ3v) is 6.25. The van der Waals surface area contributed by atoms with Crippen LogP contribution < -0.4 is 10.2 Å². The van der Waals surface area contributed by atoms with E-state index in [2.05, 4.69) is 51.7 Å². The number of morpholine rings is 1. The van der Waals surface area contributed by atoms with Crippen molar-refractivity contribution in [2.24, 2.45) is 0 Å². The number of aromatic nitrogens is 2. The van der Waals surface area contributed by atoms with Crippen LogP contribution in [0.5, 0.6) is 0 Å². The number of hydrogen-bond donors (Lipinski definition) is 1. The number of benzene rings is 2. The zero-order chi connectivity index (χ0) is 21.8. The number of amides is 1. The van der Waals surface area contributed by atoms with Crippen LogP contribution in [0.15, 0.2) is 66.9 Å². The lowest BCUT2D eigenvalue weighted by atomic mass is 9.88. The first-order chi connectivity index (χ1) is 15.8. The molecule has 164 valence electrons. The molecule has 0 bridgehead atoms. The zero-order valence-corrected chi connectivity index (χ0v) is 18.1. The lowest BCUT2D eigenvalue weighted by molar-refractivity contribution is -0.111. The molecule has 2 heterocycles. The summed E-state index contributed by atoms with van der Waals surface area (Å²) in [7, 11) is 0. The first kappa shape index (κ1) is 20.5. The standard InChI is InChI=1S/C26H28N4O2/c31-26(13-10-20-8-11-22(12-9-20)29-16-18-32-19-17-29)28-25-14-15-27-30(25)24-7-3-5-21-4-1-2-6-23(21)24/h1-2,4,6,8-15,24H,3,5,7,16-19H2,(H,28,31)/b13-10+. The maximum atomic E-state index is 12.6. The largest absolute Gasteiger partial charge is 0.378 e. The van der Waals surface area contributed by atoms with Gasteiger partial charge in [0.1, 0.15) is 5.82 Å². The zero-order valence-electron chi connectivity index (χ0n) is 18.1. The molecule has 1 aliphatic heterocycles. The maximum Gasteiger partial charge on any atom is 0.249 e. The minimum absolute atomic E-state index is 0.155. The van der Waals surface area contributed by atoms with E-state index in [9.17, 15) is 4.79 Å². The number of fused-ring (bicyclic) bond motifs is 1. The molecule has 1 N–H and O–H groups in total. The minimum Gasteiger partial charge on any atom is -0.378 e. The molecule has 1 aromatic heterocycles. The normalized spacial score (nSPS) is 18.5. The highest BCUT2D eigenvalue weighted by Crippen LogP contribution is 2.34. The van der Waals surface area contributed by atoms with Crippen molar-refractivity contribution in [1.82, 2.24) is 9.78 Å². The molecule has 2 aromatic carbocycles. The third kappa shape index (κ3) is 4.46. The predicted octanol–water partition coefficient (Wildman–Crippen LogP) is 4.30. The van der Waals surface area contributed by atoms with E-state index >= 15 is 0 Å². The molecule has 1 amide bonds. The number of nitrogens with zero attached hydrogens (tertiary/aromatic N) is 3. The average molecular weight is 429 g/mol. The molecule has 1 fully saturated rings. The minimum atomic E-state index is -0.159. The van der Waals surface area contributed by atoms with Crippen LogP contribution >= 0.6 is 0 Å². The number of hydrogen-bond acceptors (Lipinski definition) is 4. The van der Waals surface area contributed by atoms with Crippen molar-refractivity contribution in [2.75, 3.05) is 36.5 Å². The molecule has 0 spiro atoms. The van der Waals surface area contributed by atoms with Gasteiger partial charge in [0.05, 0.1) is 25.5 Å². The van der Waals surface area contributed by atoms with Gasteiger partial charge in [-0.2, -0.15) is 5.10 Å². The fraction of sp³-hybridized carbons (Fsp3) is 0.308. The first-order valence-corrected chi connectivity index (χ1v) is 11.3. The van der Waals surface area contributed by atoms with Crippen molar-refractivity contribution >= 4 is 23.5 Å². The molecule has 1 unspecified atom stereocenters. The Morgan fingerprint density at radius 3 is 2.72 bits per heavy atom. The van der Waals surface area contributed by atoms with Crippen LogP contribution in [0.2, 0.25) is 0 Å². The molecule has 1 aliphatic carbocycles. The first-order valence-electron chi connectivity index (χ1n) is 11.3. The summed E-state index contributed by atoms with van der Waals surface area (Å²) in [6.45, 7) is 3.36. The van der Waals surface area contributed by atoms with Gasteiger partial charge in [0.15, 0.2) is 0 Å². The van der Waals surface area contributed by atoms with Crippen molar-refractivity contribution in [3.8, 4) is 0 Å². The summed E-state index contributed by atoms with van der Waals surface area (Å²) < 4.78 is 7.36. The van der Waals surface area contributed by atoms with Crippen LogP contribution in [0.4, 0.5) is 11.5 Å². The molecule has 32 heavy (non-hydrogen) atoms. The number of nitrogens with one attached hydrogen (secondary N) is 1. The summed E-state index contributed by atoms with van der Waals surface area (Å²) in [4.78, 5) is 14.9. The van der Waals surface area contributed by atoms with Gasteiger partial charge in [-0.15, -0.1) is 0 Å². The number of anilines is 2. The lowest BCUT2D eigenvalue weighted by Gasteiger charge is -2.28. The summed E-state index contributed by atoms with van der Waals surface area (Å²) in [6.07, 6.45) is 8.41. The molecule has 6 heteroatoms. The van der Waals surface area contributed by atoms with Crippen LogP contribution in [-0.2, 0) is 16.0 Å². The summed E-state index contributed by atoms with van der Waals surface area (Å²) in [5, 5.41) is 7.53. The van der Waals surface area contributed by atoms with Gasteiger partial charge in [-0.3, -0.25) is 4.79 Å². The highest BCUT2D eigenvalue weighted by Gasteiger charge is 2.23. The highest BCUT2D eigenvalue weighted by atomic mass is 16.5. The Bertz CT molecular complexity index is 1100. The van der Waals surface area contributed by atoms with E-state index in [0.717, 1.165) is 56.9 Å².